The lowest BCUT2D eigenvalue weighted by molar-refractivity contribution is 0.738. The molecule has 2 N–H and O–H groups in total. The first-order valence-corrected chi connectivity index (χ1v) is 5.91. The molecule has 0 spiro atoms. The molecule has 0 radical (unpaired) electrons. The predicted molar refractivity (Wildman–Crippen MR) is 69.5 cm³/mol. The van der Waals surface area contributed by atoms with Crippen molar-refractivity contribution in [3.8, 4) is 0 Å². The molecule has 18 heavy (non-hydrogen) atoms. The Bertz CT molecular complexity index is 599. The average molecular weight is 247 g/mol. The quantitative estimate of drug-likeness (QED) is 0.844. The lowest BCUT2D eigenvalue weighted by atomic mass is 10.2. The monoisotopic (exact) mass is 247 g/mol. The largest absolute Gasteiger partial charge is 0.366 e. The van der Waals surface area contributed by atoms with Crippen LogP contribution in [0.2, 0.25) is 0 Å². The van der Waals surface area contributed by atoms with Gasteiger partial charge in [0.1, 0.15) is 11.6 Å². The van der Waals surface area contributed by atoms with E-state index in [4.69, 9.17) is 0 Å². The number of anilines is 1. The van der Waals surface area contributed by atoms with Crippen molar-refractivity contribution < 1.29 is 0 Å². The van der Waals surface area contributed by atoms with Gasteiger partial charge in [0.25, 0.3) is 5.56 Å². The van der Waals surface area contributed by atoms with E-state index in [9.17, 15) is 4.79 Å². The molecule has 0 aliphatic rings. The minimum absolute atomic E-state index is 0.132. The topological polar surface area (TPSA) is 75.6 Å². The van der Waals surface area contributed by atoms with E-state index in [-0.39, 0.29) is 5.56 Å². The summed E-state index contributed by atoms with van der Waals surface area (Å²) in [5, 5.41) is 7.31. The fourth-order valence-electron chi connectivity index (χ4n) is 1.67. The zero-order chi connectivity index (χ0) is 13.1. The maximum absolute atomic E-state index is 11.4. The third-order valence-electron chi connectivity index (χ3n) is 2.92. The van der Waals surface area contributed by atoms with Crippen molar-refractivity contribution >= 4 is 5.82 Å². The normalized spacial score (nSPS) is 10.6. The molecule has 0 amide bonds. The number of aromatic amines is 1. The van der Waals surface area contributed by atoms with Gasteiger partial charge in [-0.2, -0.15) is 5.10 Å². The molecular weight excluding hydrogens is 230 g/mol. The van der Waals surface area contributed by atoms with E-state index in [1.807, 2.05) is 31.8 Å². The molecule has 0 aromatic carbocycles. The van der Waals surface area contributed by atoms with Crippen LogP contribution >= 0.6 is 0 Å². The molecular formula is C12H17N5O. The standard InChI is InChI=1S/C12H17N5O/c1-4-10-15-11(5-12(18)16-10)13-6-9-7-14-17(3)8(9)2/h5,7H,4,6H2,1-3H3,(H2,13,15,16,18). The second-order valence-corrected chi connectivity index (χ2v) is 4.16. The lowest BCUT2D eigenvalue weighted by Gasteiger charge is -2.06. The molecule has 2 aromatic rings. The van der Waals surface area contributed by atoms with E-state index in [1.165, 1.54) is 6.07 Å². The molecule has 0 saturated heterocycles. The van der Waals surface area contributed by atoms with Crippen molar-refractivity contribution in [3.63, 3.8) is 0 Å². The molecule has 6 heteroatoms. The van der Waals surface area contributed by atoms with Gasteiger partial charge >= 0.3 is 0 Å². The van der Waals surface area contributed by atoms with Crippen LogP contribution in [0.3, 0.4) is 0 Å². The van der Waals surface area contributed by atoms with E-state index in [0.717, 1.165) is 11.3 Å². The summed E-state index contributed by atoms with van der Waals surface area (Å²) in [4.78, 5) is 18.4. The number of aryl methyl sites for hydroxylation is 2. The maximum atomic E-state index is 11.4. The van der Waals surface area contributed by atoms with Crippen LogP contribution in [0.4, 0.5) is 5.82 Å². The molecule has 0 fully saturated rings. The number of hydrogen-bond acceptors (Lipinski definition) is 4. The highest BCUT2D eigenvalue weighted by Crippen LogP contribution is 2.08. The van der Waals surface area contributed by atoms with Crippen LogP contribution in [0.1, 0.15) is 24.0 Å². The summed E-state index contributed by atoms with van der Waals surface area (Å²) in [6.45, 7) is 4.57. The van der Waals surface area contributed by atoms with Gasteiger partial charge in [-0.1, -0.05) is 6.92 Å². The summed E-state index contributed by atoms with van der Waals surface area (Å²) < 4.78 is 1.82. The van der Waals surface area contributed by atoms with Crippen LogP contribution < -0.4 is 10.9 Å². The molecule has 0 atom stereocenters. The number of rotatable bonds is 4. The van der Waals surface area contributed by atoms with Gasteiger partial charge in [0, 0.05) is 37.3 Å². The zero-order valence-corrected chi connectivity index (χ0v) is 10.8. The first kappa shape index (κ1) is 12.3. The van der Waals surface area contributed by atoms with Gasteiger partial charge in [0.05, 0.1) is 6.20 Å². The van der Waals surface area contributed by atoms with Gasteiger partial charge in [-0.15, -0.1) is 0 Å². The minimum Gasteiger partial charge on any atom is -0.366 e. The van der Waals surface area contributed by atoms with Crippen molar-refractivity contribution in [2.24, 2.45) is 7.05 Å². The molecule has 0 unspecified atom stereocenters. The van der Waals surface area contributed by atoms with Crippen LogP contribution in [0.5, 0.6) is 0 Å². The molecule has 2 heterocycles. The Hall–Kier alpha value is -2.11. The van der Waals surface area contributed by atoms with Crippen molar-refractivity contribution in [2.45, 2.75) is 26.8 Å². The smallest absolute Gasteiger partial charge is 0.252 e. The molecule has 0 saturated carbocycles. The van der Waals surface area contributed by atoms with Gasteiger partial charge < -0.3 is 10.3 Å². The Morgan fingerprint density at radius 3 is 2.89 bits per heavy atom. The molecule has 0 bridgehead atoms. The van der Waals surface area contributed by atoms with Gasteiger partial charge in [-0.25, -0.2) is 4.98 Å². The summed E-state index contributed by atoms with van der Waals surface area (Å²) in [5.41, 5.74) is 2.06. The molecule has 6 nitrogen and oxygen atoms in total. The number of nitrogens with one attached hydrogen (secondary N) is 2. The van der Waals surface area contributed by atoms with E-state index in [2.05, 4.69) is 20.4 Å². The lowest BCUT2D eigenvalue weighted by Crippen LogP contribution is -2.13. The highest BCUT2D eigenvalue weighted by Gasteiger charge is 2.04. The van der Waals surface area contributed by atoms with Crippen LogP contribution in [0.15, 0.2) is 17.1 Å². The first-order valence-electron chi connectivity index (χ1n) is 5.91. The predicted octanol–water partition coefficient (Wildman–Crippen LogP) is 0.986. The Balaban J connectivity index is 2.13. The highest BCUT2D eigenvalue weighted by molar-refractivity contribution is 5.35. The molecule has 2 rings (SSSR count). The number of aromatic nitrogens is 4. The van der Waals surface area contributed by atoms with Crippen molar-refractivity contribution in [1.82, 2.24) is 19.7 Å². The third-order valence-corrected chi connectivity index (χ3v) is 2.92. The molecule has 0 aliphatic heterocycles. The SMILES string of the molecule is CCc1nc(NCc2cnn(C)c2C)cc(=O)[nH]1. The van der Waals surface area contributed by atoms with E-state index >= 15 is 0 Å². The summed E-state index contributed by atoms with van der Waals surface area (Å²) >= 11 is 0. The van der Waals surface area contributed by atoms with Gasteiger partial charge in [-0.05, 0) is 6.92 Å². The minimum atomic E-state index is -0.132. The highest BCUT2D eigenvalue weighted by atomic mass is 16.1. The van der Waals surface area contributed by atoms with Gasteiger partial charge in [-0.3, -0.25) is 9.48 Å². The summed E-state index contributed by atoms with van der Waals surface area (Å²) in [6.07, 6.45) is 2.52. The summed E-state index contributed by atoms with van der Waals surface area (Å²) in [7, 11) is 1.90. The van der Waals surface area contributed by atoms with Crippen LogP contribution in [0, 0.1) is 6.92 Å². The zero-order valence-electron chi connectivity index (χ0n) is 10.8. The Labute approximate surface area is 105 Å². The Morgan fingerprint density at radius 1 is 1.50 bits per heavy atom. The maximum Gasteiger partial charge on any atom is 0.252 e. The fraction of sp³-hybridized carbons (Fsp3) is 0.417. The second kappa shape index (κ2) is 5.03. The summed E-state index contributed by atoms with van der Waals surface area (Å²) in [6, 6.07) is 1.46. The molecule has 0 aliphatic carbocycles. The second-order valence-electron chi connectivity index (χ2n) is 4.16. The van der Waals surface area contributed by atoms with Crippen LogP contribution in [-0.2, 0) is 20.0 Å². The van der Waals surface area contributed by atoms with E-state index in [0.29, 0.717) is 24.6 Å². The van der Waals surface area contributed by atoms with Crippen molar-refractivity contribution in [2.75, 3.05) is 5.32 Å². The molecule has 96 valence electrons. The third kappa shape index (κ3) is 2.58. The van der Waals surface area contributed by atoms with Gasteiger partial charge in [0.15, 0.2) is 0 Å². The van der Waals surface area contributed by atoms with E-state index in [1.54, 1.807) is 0 Å². The van der Waals surface area contributed by atoms with Crippen LogP contribution in [-0.4, -0.2) is 19.7 Å². The first-order chi connectivity index (χ1) is 8.60. The van der Waals surface area contributed by atoms with Crippen LogP contribution in [0.25, 0.3) is 0 Å². The van der Waals surface area contributed by atoms with E-state index < -0.39 is 0 Å². The Kier molecular flexibility index (Phi) is 3.45. The fourth-order valence-corrected chi connectivity index (χ4v) is 1.67. The van der Waals surface area contributed by atoms with Crippen molar-refractivity contribution in [3.05, 3.63) is 39.7 Å². The Morgan fingerprint density at radius 2 is 2.28 bits per heavy atom. The number of nitrogens with zero attached hydrogens (tertiary/aromatic N) is 3. The number of H-pyrrole nitrogens is 1. The van der Waals surface area contributed by atoms with Gasteiger partial charge in [0.2, 0.25) is 0 Å². The molecule has 2 aromatic heterocycles. The summed E-state index contributed by atoms with van der Waals surface area (Å²) in [5.74, 6) is 1.28. The van der Waals surface area contributed by atoms with Crippen molar-refractivity contribution in [1.29, 1.82) is 0 Å². The number of hydrogen-bond donors (Lipinski definition) is 2. The average Bonchev–Trinajstić information content (AvgIpc) is 2.67.